The van der Waals surface area contributed by atoms with Gasteiger partial charge in [0.2, 0.25) is 6.10 Å². The van der Waals surface area contributed by atoms with Gasteiger partial charge >= 0.3 is 5.97 Å². The number of ether oxygens (including phenoxy) is 2. The van der Waals surface area contributed by atoms with E-state index in [9.17, 15) is 9.59 Å². The van der Waals surface area contributed by atoms with Gasteiger partial charge in [-0.15, -0.1) is 0 Å². The summed E-state index contributed by atoms with van der Waals surface area (Å²) in [5.74, 6) is -0.0398. The number of hydrogen-bond donors (Lipinski definition) is 2. The van der Waals surface area contributed by atoms with Gasteiger partial charge in [0.1, 0.15) is 6.10 Å². The molecule has 0 fully saturated rings. The number of benzene rings is 2. The van der Waals surface area contributed by atoms with E-state index >= 15 is 0 Å². The second kappa shape index (κ2) is 7.25. The molecule has 1 aliphatic heterocycles. The zero-order valence-electron chi connectivity index (χ0n) is 13.8. The predicted octanol–water partition coefficient (Wildman–Crippen LogP) is 2.27. The van der Waals surface area contributed by atoms with E-state index in [2.05, 4.69) is 5.32 Å². The summed E-state index contributed by atoms with van der Waals surface area (Å²) in [6, 6.07) is 13.9. The number of carboxylic acids is 1. The van der Waals surface area contributed by atoms with Gasteiger partial charge in [0.15, 0.2) is 11.5 Å². The van der Waals surface area contributed by atoms with Crippen LogP contribution in [0.15, 0.2) is 48.5 Å². The molecule has 0 aliphatic carbocycles. The molecular weight excluding hydrogens is 322 g/mol. The van der Waals surface area contributed by atoms with Crippen molar-refractivity contribution in [2.24, 2.45) is 0 Å². The Kier molecular flexibility index (Phi) is 4.88. The lowest BCUT2D eigenvalue weighted by molar-refractivity contribution is -0.133. The molecule has 25 heavy (non-hydrogen) atoms. The molecule has 1 aliphatic rings. The minimum atomic E-state index is -0.967. The average Bonchev–Trinajstić information content (AvgIpc) is 2.61. The van der Waals surface area contributed by atoms with Crippen LogP contribution in [0.2, 0.25) is 0 Å². The van der Waals surface area contributed by atoms with Gasteiger partial charge in [0.05, 0.1) is 5.56 Å². The van der Waals surface area contributed by atoms with Gasteiger partial charge in [0, 0.05) is 6.54 Å². The molecule has 1 amide bonds. The second-order valence-corrected chi connectivity index (χ2v) is 5.85. The summed E-state index contributed by atoms with van der Waals surface area (Å²) in [4.78, 5) is 23.4. The van der Waals surface area contributed by atoms with E-state index in [4.69, 9.17) is 14.6 Å². The highest BCUT2D eigenvalue weighted by Gasteiger charge is 2.33. The Labute approximate surface area is 145 Å². The van der Waals surface area contributed by atoms with Crippen LogP contribution in [0, 0.1) is 0 Å². The van der Waals surface area contributed by atoms with E-state index < -0.39 is 18.2 Å². The molecular formula is C19H19NO5. The van der Waals surface area contributed by atoms with Crippen LogP contribution in [-0.2, 0) is 11.2 Å². The molecule has 2 atom stereocenters. The van der Waals surface area contributed by atoms with Crippen molar-refractivity contribution >= 4 is 11.9 Å². The fraction of sp³-hybridized carbons (Fsp3) is 0.263. The van der Waals surface area contributed by atoms with Crippen molar-refractivity contribution < 1.29 is 24.2 Å². The molecule has 1 heterocycles. The first-order valence-corrected chi connectivity index (χ1v) is 8.07. The van der Waals surface area contributed by atoms with Crippen molar-refractivity contribution in [1.29, 1.82) is 0 Å². The number of carboxylic acid groups (broad SMARTS) is 1. The highest BCUT2D eigenvalue weighted by Crippen LogP contribution is 2.33. The first-order valence-electron chi connectivity index (χ1n) is 8.07. The summed E-state index contributed by atoms with van der Waals surface area (Å²) < 4.78 is 11.5. The zero-order chi connectivity index (χ0) is 17.8. The summed E-state index contributed by atoms with van der Waals surface area (Å²) in [5, 5.41) is 11.8. The number of nitrogens with one attached hydrogen (secondary N) is 1. The third kappa shape index (κ3) is 3.91. The Morgan fingerprint density at radius 1 is 1.08 bits per heavy atom. The summed E-state index contributed by atoms with van der Waals surface area (Å²) in [6.45, 7) is 2.17. The van der Waals surface area contributed by atoms with Gasteiger partial charge < -0.3 is 19.9 Å². The Hall–Kier alpha value is -3.02. The largest absolute Gasteiger partial charge is 0.482 e. The zero-order valence-corrected chi connectivity index (χ0v) is 13.8. The van der Waals surface area contributed by atoms with Crippen LogP contribution in [0.5, 0.6) is 11.5 Å². The van der Waals surface area contributed by atoms with Crippen LogP contribution in [-0.4, -0.2) is 35.7 Å². The molecule has 0 unspecified atom stereocenters. The molecule has 2 aromatic rings. The molecule has 0 bridgehead atoms. The standard InChI is InChI=1S/C19H19NO5/c1-12-17(25-16-8-3-2-7-15(16)24-12)18(21)20-10-9-13-5-4-6-14(11-13)19(22)23/h2-8,11-12,17H,9-10H2,1H3,(H,20,21)(H,22,23)/t12-,17+/m1/s1. The first kappa shape index (κ1) is 16.8. The molecule has 0 saturated heterocycles. The van der Waals surface area contributed by atoms with Crippen molar-refractivity contribution in [3.63, 3.8) is 0 Å². The fourth-order valence-electron chi connectivity index (χ4n) is 2.70. The minimum absolute atomic E-state index is 0.234. The quantitative estimate of drug-likeness (QED) is 0.871. The number of carbonyl (C=O) groups excluding carboxylic acids is 1. The van der Waals surface area contributed by atoms with Crippen molar-refractivity contribution in [3.8, 4) is 11.5 Å². The Balaban J connectivity index is 1.56. The second-order valence-electron chi connectivity index (χ2n) is 5.85. The Bertz CT molecular complexity index is 789. The third-order valence-corrected chi connectivity index (χ3v) is 3.99. The highest BCUT2D eigenvalue weighted by molar-refractivity contribution is 5.87. The molecule has 130 valence electrons. The molecule has 0 saturated carbocycles. The van der Waals surface area contributed by atoms with Crippen LogP contribution in [0.25, 0.3) is 0 Å². The van der Waals surface area contributed by atoms with E-state index in [0.29, 0.717) is 24.5 Å². The maximum absolute atomic E-state index is 12.4. The first-order chi connectivity index (χ1) is 12.0. The number of fused-ring (bicyclic) bond motifs is 1. The smallest absolute Gasteiger partial charge is 0.335 e. The monoisotopic (exact) mass is 341 g/mol. The molecule has 2 aromatic carbocycles. The number of hydrogen-bond acceptors (Lipinski definition) is 4. The number of carbonyl (C=O) groups is 2. The average molecular weight is 341 g/mol. The van der Waals surface area contributed by atoms with Crippen LogP contribution < -0.4 is 14.8 Å². The highest BCUT2D eigenvalue weighted by atomic mass is 16.6. The topological polar surface area (TPSA) is 84.9 Å². The maximum atomic E-state index is 12.4. The van der Waals surface area contributed by atoms with E-state index in [0.717, 1.165) is 5.56 Å². The van der Waals surface area contributed by atoms with E-state index in [1.807, 2.05) is 18.2 Å². The summed E-state index contributed by atoms with van der Waals surface area (Å²) in [6.07, 6.45) is -0.587. The van der Waals surface area contributed by atoms with Crippen LogP contribution in [0.1, 0.15) is 22.8 Å². The van der Waals surface area contributed by atoms with Crippen molar-refractivity contribution in [2.45, 2.75) is 25.6 Å². The predicted molar refractivity (Wildman–Crippen MR) is 91.1 cm³/mol. The number of amides is 1. The van der Waals surface area contributed by atoms with E-state index in [1.54, 1.807) is 31.2 Å². The number of rotatable bonds is 5. The SMILES string of the molecule is C[C@H]1Oc2ccccc2O[C@@H]1C(=O)NCCc1cccc(C(=O)O)c1. The fourth-order valence-corrected chi connectivity index (χ4v) is 2.70. The molecule has 6 heteroatoms. The lowest BCUT2D eigenvalue weighted by atomic mass is 10.1. The van der Waals surface area contributed by atoms with E-state index in [1.165, 1.54) is 6.07 Å². The van der Waals surface area contributed by atoms with Gasteiger partial charge in [-0.1, -0.05) is 24.3 Å². The Morgan fingerprint density at radius 2 is 1.80 bits per heavy atom. The molecule has 3 rings (SSSR count). The van der Waals surface area contributed by atoms with Gasteiger partial charge in [-0.05, 0) is 43.2 Å². The molecule has 2 N–H and O–H groups in total. The van der Waals surface area contributed by atoms with Crippen LogP contribution in [0.4, 0.5) is 0 Å². The van der Waals surface area contributed by atoms with Gasteiger partial charge in [0.25, 0.3) is 5.91 Å². The number of aromatic carboxylic acids is 1. The van der Waals surface area contributed by atoms with Gasteiger partial charge in [-0.3, -0.25) is 4.79 Å². The Morgan fingerprint density at radius 3 is 2.52 bits per heavy atom. The van der Waals surface area contributed by atoms with Gasteiger partial charge in [-0.2, -0.15) is 0 Å². The normalized spacial score (nSPS) is 18.4. The minimum Gasteiger partial charge on any atom is -0.482 e. The third-order valence-electron chi connectivity index (χ3n) is 3.99. The van der Waals surface area contributed by atoms with Crippen LogP contribution in [0.3, 0.4) is 0 Å². The molecule has 0 aromatic heterocycles. The maximum Gasteiger partial charge on any atom is 0.335 e. The molecule has 6 nitrogen and oxygen atoms in total. The van der Waals surface area contributed by atoms with Crippen LogP contribution >= 0.6 is 0 Å². The number of para-hydroxylation sites is 2. The summed E-state index contributed by atoms with van der Waals surface area (Å²) >= 11 is 0. The van der Waals surface area contributed by atoms with Crippen molar-refractivity contribution in [2.75, 3.05) is 6.54 Å². The lowest BCUT2D eigenvalue weighted by Gasteiger charge is -2.31. The van der Waals surface area contributed by atoms with Gasteiger partial charge in [-0.25, -0.2) is 4.79 Å². The van der Waals surface area contributed by atoms with Crippen molar-refractivity contribution in [1.82, 2.24) is 5.32 Å². The van der Waals surface area contributed by atoms with Crippen molar-refractivity contribution in [3.05, 3.63) is 59.7 Å². The molecule has 0 radical (unpaired) electrons. The summed E-state index contributed by atoms with van der Waals surface area (Å²) in [7, 11) is 0. The summed E-state index contributed by atoms with van der Waals surface area (Å²) in [5.41, 5.74) is 1.08. The lowest BCUT2D eigenvalue weighted by Crippen LogP contribution is -2.49. The van der Waals surface area contributed by atoms with E-state index in [-0.39, 0.29) is 11.5 Å². The molecule has 0 spiro atoms.